The van der Waals surface area contributed by atoms with Crippen LogP contribution < -0.4 is 5.32 Å². The van der Waals surface area contributed by atoms with E-state index in [1.54, 1.807) is 0 Å². The zero-order valence-corrected chi connectivity index (χ0v) is 12.7. The minimum Gasteiger partial charge on any atom is -0.314 e. The van der Waals surface area contributed by atoms with Crippen molar-refractivity contribution in [1.29, 1.82) is 0 Å². The summed E-state index contributed by atoms with van der Waals surface area (Å²) in [5, 5.41) is 3.66. The molecule has 2 rings (SSSR count). The van der Waals surface area contributed by atoms with E-state index in [0.717, 1.165) is 6.04 Å². The first-order valence-electron chi connectivity index (χ1n) is 7.64. The van der Waals surface area contributed by atoms with Crippen molar-refractivity contribution >= 4 is 11.8 Å². The zero-order chi connectivity index (χ0) is 12.6. The molecule has 0 aromatic carbocycles. The first-order valence-corrected chi connectivity index (χ1v) is 8.80. The van der Waals surface area contributed by atoms with E-state index in [4.69, 9.17) is 0 Å². The van der Waals surface area contributed by atoms with E-state index in [1.807, 2.05) is 0 Å². The summed E-state index contributed by atoms with van der Waals surface area (Å²) in [6.45, 7) is 11.2. The van der Waals surface area contributed by atoms with Gasteiger partial charge in [0.25, 0.3) is 0 Å². The molecule has 18 heavy (non-hydrogen) atoms. The molecule has 3 nitrogen and oxygen atoms in total. The molecule has 106 valence electrons. The first-order chi connectivity index (χ1) is 8.88. The average Bonchev–Trinajstić information content (AvgIpc) is 2.45. The molecule has 0 unspecified atom stereocenters. The van der Waals surface area contributed by atoms with Crippen LogP contribution in [0.5, 0.6) is 0 Å². The highest BCUT2D eigenvalue weighted by atomic mass is 32.2. The Kier molecular flexibility index (Phi) is 6.84. The molecule has 0 aliphatic carbocycles. The van der Waals surface area contributed by atoms with Gasteiger partial charge in [0.1, 0.15) is 0 Å². The van der Waals surface area contributed by atoms with E-state index in [2.05, 4.69) is 33.8 Å². The average molecular weight is 271 g/mol. The van der Waals surface area contributed by atoms with Crippen LogP contribution in [0.4, 0.5) is 0 Å². The fourth-order valence-electron chi connectivity index (χ4n) is 2.82. The number of thioether (sulfide) groups is 1. The van der Waals surface area contributed by atoms with Crippen molar-refractivity contribution in [3.63, 3.8) is 0 Å². The van der Waals surface area contributed by atoms with Crippen LogP contribution in [0.2, 0.25) is 0 Å². The topological polar surface area (TPSA) is 18.5 Å². The van der Waals surface area contributed by atoms with Gasteiger partial charge in [0.2, 0.25) is 0 Å². The minimum absolute atomic E-state index is 0.785. The van der Waals surface area contributed by atoms with Crippen molar-refractivity contribution in [2.75, 3.05) is 57.3 Å². The lowest BCUT2D eigenvalue weighted by Gasteiger charge is -2.34. The molecular formula is C14H29N3S. The molecule has 0 amide bonds. The molecule has 0 saturated carbocycles. The fourth-order valence-corrected chi connectivity index (χ4v) is 3.80. The van der Waals surface area contributed by atoms with Gasteiger partial charge >= 0.3 is 0 Å². The normalized spacial score (nSPS) is 24.5. The highest BCUT2D eigenvalue weighted by molar-refractivity contribution is 7.99. The van der Waals surface area contributed by atoms with Gasteiger partial charge in [0, 0.05) is 43.7 Å². The van der Waals surface area contributed by atoms with Gasteiger partial charge in [-0.3, -0.25) is 0 Å². The Hall–Kier alpha value is 0.230. The van der Waals surface area contributed by atoms with Gasteiger partial charge in [-0.2, -0.15) is 11.8 Å². The standard InChI is InChI=1S/C14H29N3S/c1-2-5-15-14-3-6-16(7-4-14)8-9-17-10-12-18-13-11-17/h14-15H,2-13H2,1H3. The van der Waals surface area contributed by atoms with Gasteiger partial charge in [-0.15, -0.1) is 0 Å². The summed E-state index contributed by atoms with van der Waals surface area (Å²) < 4.78 is 0. The fraction of sp³-hybridized carbons (Fsp3) is 1.00. The highest BCUT2D eigenvalue weighted by Crippen LogP contribution is 2.12. The Bertz CT molecular complexity index is 211. The summed E-state index contributed by atoms with van der Waals surface area (Å²) in [5.74, 6) is 2.67. The van der Waals surface area contributed by atoms with Gasteiger partial charge in [-0.1, -0.05) is 6.92 Å². The molecule has 0 radical (unpaired) electrons. The molecule has 0 bridgehead atoms. The van der Waals surface area contributed by atoms with E-state index < -0.39 is 0 Å². The van der Waals surface area contributed by atoms with Gasteiger partial charge in [0.15, 0.2) is 0 Å². The zero-order valence-electron chi connectivity index (χ0n) is 11.9. The summed E-state index contributed by atoms with van der Waals surface area (Å²) in [5.41, 5.74) is 0. The van der Waals surface area contributed by atoms with Gasteiger partial charge in [-0.05, 0) is 38.9 Å². The van der Waals surface area contributed by atoms with E-state index in [1.165, 1.54) is 76.6 Å². The summed E-state index contributed by atoms with van der Waals surface area (Å²) in [4.78, 5) is 5.30. The predicted molar refractivity (Wildman–Crippen MR) is 81.5 cm³/mol. The Balaban J connectivity index is 1.55. The van der Waals surface area contributed by atoms with Crippen molar-refractivity contribution < 1.29 is 0 Å². The maximum Gasteiger partial charge on any atom is 0.0110 e. The molecule has 2 heterocycles. The van der Waals surface area contributed by atoms with Gasteiger partial charge in [-0.25, -0.2) is 0 Å². The third-order valence-electron chi connectivity index (χ3n) is 4.11. The number of hydrogen-bond acceptors (Lipinski definition) is 4. The van der Waals surface area contributed by atoms with Gasteiger partial charge < -0.3 is 15.1 Å². The smallest absolute Gasteiger partial charge is 0.0110 e. The highest BCUT2D eigenvalue weighted by Gasteiger charge is 2.19. The Labute approximate surface area is 117 Å². The number of nitrogens with zero attached hydrogens (tertiary/aromatic N) is 2. The molecule has 0 spiro atoms. The Morgan fingerprint density at radius 2 is 1.61 bits per heavy atom. The van der Waals surface area contributed by atoms with Crippen molar-refractivity contribution in [2.24, 2.45) is 0 Å². The van der Waals surface area contributed by atoms with Crippen molar-refractivity contribution in [3.8, 4) is 0 Å². The van der Waals surface area contributed by atoms with Crippen molar-refractivity contribution in [3.05, 3.63) is 0 Å². The maximum atomic E-state index is 3.66. The van der Waals surface area contributed by atoms with E-state index in [9.17, 15) is 0 Å². The van der Waals surface area contributed by atoms with Crippen LogP contribution in [0.15, 0.2) is 0 Å². The summed E-state index contributed by atoms with van der Waals surface area (Å²) in [6.07, 6.45) is 3.94. The summed E-state index contributed by atoms with van der Waals surface area (Å²) in [6, 6.07) is 0.785. The Morgan fingerprint density at radius 1 is 1.00 bits per heavy atom. The second kappa shape index (κ2) is 8.41. The molecule has 2 saturated heterocycles. The van der Waals surface area contributed by atoms with Gasteiger partial charge in [0.05, 0.1) is 0 Å². The monoisotopic (exact) mass is 271 g/mol. The second-order valence-corrected chi connectivity index (χ2v) is 6.75. The molecular weight excluding hydrogens is 242 g/mol. The van der Waals surface area contributed by atoms with Crippen LogP contribution in [-0.4, -0.2) is 73.2 Å². The van der Waals surface area contributed by atoms with Crippen molar-refractivity contribution in [1.82, 2.24) is 15.1 Å². The lowest BCUT2D eigenvalue weighted by Crippen LogP contribution is -2.46. The van der Waals surface area contributed by atoms with Crippen LogP contribution in [-0.2, 0) is 0 Å². The van der Waals surface area contributed by atoms with Crippen LogP contribution in [0.25, 0.3) is 0 Å². The lowest BCUT2D eigenvalue weighted by molar-refractivity contribution is 0.170. The number of likely N-dealkylation sites (tertiary alicyclic amines) is 1. The largest absolute Gasteiger partial charge is 0.314 e. The van der Waals surface area contributed by atoms with Crippen LogP contribution in [0.1, 0.15) is 26.2 Å². The van der Waals surface area contributed by atoms with Crippen LogP contribution >= 0.6 is 11.8 Å². The minimum atomic E-state index is 0.785. The summed E-state index contributed by atoms with van der Waals surface area (Å²) in [7, 11) is 0. The first kappa shape index (κ1) is 14.6. The molecule has 4 heteroatoms. The Morgan fingerprint density at radius 3 is 2.22 bits per heavy atom. The van der Waals surface area contributed by atoms with E-state index in [0.29, 0.717) is 0 Å². The SMILES string of the molecule is CCCNC1CCN(CCN2CCSCC2)CC1. The molecule has 0 aromatic rings. The molecule has 1 N–H and O–H groups in total. The molecule has 2 fully saturated rings. The third kappa shape index (κ3) is 5.08. The third-order valence-corrected chi connectivity index (χ3v) is 5.05. The quantitative estimate of drug-likeness (QED) is 0.789. The predicted octanol–water partition coefficient (Wildman–Crippen LogP) is 1.50. The van der Waals surface area contributed by atoms with E-state index in [-0.39, 0.29) is 0 Å². The maximum absolute atomic E-state index is 3.66. The van der Waals surface area contributed by atoms with Crippen LogP contribution in [0, 0.1) is 0 Å². The molecule has 2 aliphatic heterocycles. The number of hydrogen-bond donors (Lipinski definition) is 1. The number of rotatable bonds is 6. The molecule has 2 aliphatic rings. The van der Waals surface area contributed by atoms with E-state index >= 15 is 0 Å². The molecule has 0 aromatic heterocycles. The number of nitrogens with one attached hydrogen (secondary N) is 1. The molecule has 0 atom stereocenters. The summed E-state index contributed by atoms with van der Waals surface area (Å²) >= 11 is 2.10. The lowest BCUT2D eigenvalue weighted by atomic mass is 10.1. The van der Waals surface area contributed by atoms with Crippen LogP contribution in [0.3, 0.4) is 0 Å². The second-order valence-electron chi connectivity index (χ2n) is 5.52. The number of piperidine rings is 1. The van der Waals surface area contributed by atoms with Crippen molar-refractivity contribution in [2.45, 2.75) is 32.2 Å².